The molecule has 0 aromatic carbocycles. The van der Waals surface area contributed by atoms with E-state index in [0.29, 0.717) is 12.4 Å². The van der Waals surface area contributed by atoms with E-state index >= 15 is 0 Å². The van der Waals surface area contributed by atoms with Crippen molar-refractivity contribution >= 4 is 11.5 Å². The van der Waals surface area contributed by atoms with Gasteiger partial charge in [0.05, 0.1) is 12.2 Å². The molecule has 0 unspecified atom stereocenters. The van der Waals surface area contributed by atoms with Gasteiger partial charge in [-0.1, -0.05) is 0 Å². The van der Waals surface area contributed by atoms with E-state index in [9.17, 15) is 0 Å². The van der Waals surface area contributed by atoms with Gasteiger partial charge >= 0.3 is 0 Å². The fraction of sp³-hybridized carbons (Fsp3) is 0.200. The predicted molar refractivity (Wildman–Crippen MR) is 59.3 cm³/mol. The van der Waals surface area contributed by atoms with Crippen LogP contribution < -0.4 is 10.6 Å². The van der Waals surface area contributed by atoms with E-state index in [1.54, 1.807) is 12.3 Å². The molecule has 5 heteroatoms. The molecule has 2 aromatic heterocycles. The molecule has 2 heterocycles. The molecule has 0 spiro atoms. The van der Waals surface area contributed by atoms with Crippen molar-refractivity contribution in [2.24, 2.45) is 0 Å². The summed E-state index contributed by atoms with van der Waals surface area (Å²) >= 11 is 0. The smallest absolute Gasteiger partial charge is 0.149 e. The second-order valence-electron chi connectivity index (χ2n) is 3.32. The van der Waals surface area contributed by atoms with Gasteiger partial charge < -0.3 is 15.6 Å². The zero-order valence-electron chi connectivity index (χ0n) is 8.51. The first-order valence-corrected chi connectivity index (χ1v) is 4.67. The lowest BCUT2D eigenvalue weighted by atomic mass is 10.4. The summed E-state index contributed by atoms with van der Waals surface area (Å²) in [7, 11) is 1.98. The highest BCUT2D eigenvalue weighted by Crippen LogP contribution is 2.12. The van der Waals surface area contributed by atoms with Crippen LogP contribution in [0.1, 0.15) is 5.82 Å². The molecule has 78 valence electrons. The van der Waals surface area contributed by atoms with Crippen molar-refractivity contribution in [3.63, 3.8) is 0 Å². The Morgan fingerprint density at radius 3 is 3.00 bits per heavy atom. The van der Waals surface area contributed by atoms with E-state index in [-0.39, 0.29) is 0 Å². The van der Waals surface area contributed by atoms with E-state index in [1.807, 2.05) is 30.4 Å². The summed E-state index contributed by atoms with van der Waals surface area (Å²) in [4.78, 5) is 13.3. The van der Waals surface area contributed by atoms with Crippen molar-refractivity contribution in [3.05, 3.63) is 36.5 Å². The summed E-state index contributed by atoms with van der Waals surface area (Å²) in [6.45, 7) is 0.642. The van der Waals surface area contributed by atoms with Crippen LogP contribution in [0.15, 0.2) is 30.7 Å². The van der Waals surface area contributed by atoms with E-state index in [2.05, 4.69) is 15.0 Å². The average molecular weight is 203 g/mol. The summed E-state index contributed by atoms with van der Waals surface area (Å²) in [5.74, 6) is 1.22. The molecule has 5 nitrogen and oxygen atoms in total. The molecule has 0 saturated heterocycles. The normalized spacial score (nSPS) is 10.2. The van der Waals surface area contributed by atoms with Crippen molar-refractivity contribution in [2.45, 2.75) is 6.54 Å². The second-order valence-corrected chi connectivity index (χ2v) is 3.32. The number of nitrogens with one attached hydrogen (secondary N) is 1. The van der Waals surface area contributed by atoms with Gasteiger partial charge in [0.15, 0.2) is 0 Å². The number of hydrogen-bond acceptors (Lipinski definition) is 4. The minimum Gasteiger partial charge on any atom is -0.384 e. The zero-order valence-corrected chi connectivity index (χ0v) is 8.51. The second kappa shape index (κ2) is 4.00. The number of nitrogens with two attached hydrogens (primary N) is 1. The number of H-pyrrole nitrogens is 1. The Labute approximate surface area is 88.0 Å². The molecule has 0 saturated carbocycles. The van der Waals surface area contributed by atoms with Gasteiger partial charge in [0.1, 0.15) is 11.6 Å². The van der Waals surface area contributed by atoms with Gasteiger partial charge in [0.25, 0.3) is 0 Å². The molecule has 0 fully saturated rings. The van der Waals surface area contributed by atoms with Crippen LogP contribution in [0.2, 0.25) is 0 Å². The standard InChI is InChI=1S/C10H13N5/c1-15(8-2-4-12-6-8)7-10-13-5-3-9(11)14-10/h2-6,12H,7H2,1H3,(H2,11,13,14). The van der Waals surface area contributed by atoms with Crippen LogP contribution in [-0.4, -0.2) is 22.0 Å². The van der Waals surface area contributed by atoms with Gasteiger partial charge in [-0.25, -0.2) is 9.97 Å². The topological polar surface area (TPSA) is 70.8 Å². The van der Waals surface area contributed by atoms with E-state index in [1.165, 1.54) is 0 Å². The number of hydrogen-bond donors (Lipinski definition) is 2. The summed E-state index contributed by atoms with van der Waals surface area (Å²) in [5, 5.41) is 0. The Kier molecular flexibility index (Phi) is 2.53. The van der Waals surface area contributed by atoms with Crippen LogP contribution >= 0.6 is 0 Å². The SMILES string of the molecule is CN(Cc1nccc(N)n1)c1cc[nH]c1. The number of aromatic amines is 1. The molecule has 15 heavy (non-hydrogen) atoms. The molecule has 2 rings (SSSR count). The lowest BCUT2D eigenvalue weighted by Gasteiger charge is -2.15. The van der Waals surface area contributed by atoms with Crippen molar-refractivity contribution in [3.8, 4) is 0 Å². The Balaban J connectivity index is 2.09. The minimum atomic E-state index is 0.502. The first-order valence-electron chi connectivity index (χ1n) is 4.67. The van der Waals surface area contributed by atoms with Gasteiger partial charge in [0, 0.05) is 25.6 Å². The Morgan fingerprint density at radius 1 is 1.47 bits per heavy atom. The fourth-order valence-electron chi connectivity index (χ4n) is 1.35. The summed E-state index contributed by atoms with van der Waals surface area (Å²) < 4.78 is 0. The van der Waals surface area contributed by atoms with Gasteiger partial charge in [-0.05, 0) is 12.1 Å². The molecule has 0 bridgehead atoms. The number of nitrogen functional groups attached to an aromatic ring is 1. The maximum absolute atomic E-state index is 5.58. The quantitative estimate of drug-likeness (QED) is 0.781. The molecule has 0 radical (unpaired) electrons. The summed E-state index contributed by atoms with van der Waals surface area (Å²) in [6, 6.07) is 3.67. The van der Waals surface area contributed by atoms with Crippen molar-refractivity contribution in [1.29, 1.82) is 0 Å². The van der Waals surface area contributed by atoms with E-state index in [0.717, 1.165) is 11.5 Å². The third kappa shape index (κ3) is 2.25. The molecule has 0 amide bonds. The van der Waals surface area contributed by atoms with Crippen LogP contribution in [0.25, 0.3) is 0 Å². The maximum Gasteiger partial charge on any atom is 0.149 e. The van der Waals surface area contributed by atoms with Gasteiger partial charge in [-0.15, -0.1) is 0 Å². The zero-order chi connectivity index (χ0) is 10.7. The highest BCUT2D eigenvalue weighted by molar-refractivity contribution is 5.43. The lowest BCUT2D eigenvalue weighted by Crippen LogP contribution is -2.17. The van der Waals surface area contributed by atoms with Crippen LogP contribution in [0, 0.1) is 0 Å². The number of aromatic nitrogens is 3. The highest BCUT2D eigenvalue weighted by Gasteiger charge is 2.04. The van der Waals surface area contributed by atoms with Crippen molar-refractivity contribution in [1.82, 2.24) is 15.0 Å². The maximum atomic E-state index is 5.58. The van der Waals surface area contributed by atoms with Gasteiger partial charge in [-0.2, -0.15) is 0 Å². The largest absolute Gasteiger partial charge is 0.384 e. The average Bonchev–Trinajstić information content (AvgIpc) is 2.70. The molecular formula is C10H13N5. The third-order valence-corrected chi connectivity index (χ3v) is 2.13. The number of anilines is 2. The summed E-state index contributed by atoms with van der Waals surface area (Å²) in [6.07, 6.45) is 5.47. The molecule has 2 aromatic rings. The molecule has 0 atom stereocenters. The molecule has 3 N–H and O–H groups in total. The molecule has 0 aliphatic rings. The monoisotopic (exact) mass is 203 g/mol. The third-order valence-electron chi connectivity index (χ3n) is 2.13. The van der Waals surface area contributed by atoms with E-state index < -0.39 is 0 Å². The minimum absolute atomic E-state index is 0.502. The van der Waals surface area contributed by atoms with Crippen molar-refractivity contribution < 1.29 is 0 Å². The molecular weight excluding hydrogens is 190 g/mol. The molecule has 0 aliphatic carbocycles. The van der Waals surface area contributed by atoms with Crippen LogP contribution in [-0.2, 0) is 6.54 Å². The number of nitrogens with zero attached hydrogens (tertiary/aromatic N) is 3. The predicted octanol–water partition coefficient (Wildman–Crippen LogP) is 1.02. The van der Waals surface area contributed by atoms with Crippen LogP contribution in [0.3, 0.4) is 0 Å². The van der Waals surface area contributed by atoms with Crippen LogP contribution in [0.5, 0.6) is 0 Å². The van der Waals surface area contributed by atoms with E-state index in [4.69, 9.17) is 5.73 Å². The first-order chi connectivity index (χ1) is 7.25. The van der Waals surface area contributed by atoms with Gasteiger partial charge in [0.2, 0.25) is 0 Å². The highest BCUT2D eigenvalue weighted by atomic mass is 15.1. The van der Waals surface area contributed by atoms with Crippen molar-refractivity contribution in [2.75, 3.05) is 17.7 Å². The number of rotatable bonds is 3. The van der Waals surface area contributed by atoms with Gasteiger partial charge in [-0.3, -0.25) is 0 Å². The Morgan fingerprint density at radius 2 is 2.33 bits per heavy atom. The Bertz CT molecular complexity index is 423. The first kappa shape index (κ1) is 9.51. The molecule has 0 aliphatic heterocycles. The Hall–Kier alpha value is -2.04. The fourth-order valence-corrected chi connectivity index (χ4v) is 1.35. The summed E-state index contributed by atoms with van der Waals surface area (Å²) in [5.41, 5.74) is 6.68. The van der Waals surface area contributed by atoms with Crippen LogP contribution in [0.4, 0.5) is 11.5 Å². The lowest BCUT2D eigenvalue weighted by molar-refractivity contribution is 0.841.